The van der Waals surface area contributed by atoms with Crippen LogP contribution in [-0.4, -0.2) is 46.4 Å². The summed E-state index contributed by atoms with van der Waals surface area (Å²) < 4.78 is 0. The zero-order valence-corrected chi connectivity index (χ0v) is 8.81. The van der Waals surface area contributed by atoms with Gasteiger partial charge in [0.15, 0.2) is 0 Å². The van der Waals surface area contributed by atoms with Crippen molar-refractivity contribution in [2.75, 3.05) is 6.54 Å². The zero-order valence-electron chi connectivity index (χ0n) is 8.81. The highest BCUT2D eigenvalue weighted by molar-refractivity contribution is 5.97. The van der Waals surface area contributed by atoms with Crippen LogP contribution in [-0.2, 0) is 14.4 Å². The Morgan fingerprint density at radius 3 is 2.94 bits per heavy atom. The third kappa shape index (κ3) is 1.87. The standard InChI is InChI=1S/C10H14N2O4/c13-8(14)4-3-6-10(16)12-5-1-2-7(12)9(15)11-6/h6-7H,1-5H2,(H,11,15)(H,13,14). The van der Waals surface area contributed by atoms with E-state index in [4.69, 9.17) is 5.11 Å². The van der Waals surface area contributed by atoms with Gasteiger partial charge in [-0.05, 0) is 19.3 Å². The molecule has 2 aliphatic heterocycles. The predicted molar refractivity (Wildman–Crippen MR) is 53.5 cm³/mol. The number of rotatable bonds is 3. The molecule has 88 valence electrons. The van der Waals surface area contributed by atoms with Gasteiger partial charge < -0.3 is 15.3 Å². The molecule has 16 heavy (non-hydrogen) atoms. The minimum Gasteiger partial charge on any atom is -0.481 e. The van der Waals surface area contributed by atoms with E-state index in [1.165, 1.54) is 0 Å². The first-order valence-corrected chi connectivity index (χ1v) is 5.42. The van der Waals surface area contributed by atoms with Gasteiger partial charge in [0.1, 0.15) is 12.1 Å². The molecule has 2 rings (SSSR count). The minimum atomic E-state index is -0.953. The van der Waals surface area contributed by atoms with Crippen molar-refractivity contribution in [2.45, 2.75) is 37.8 Å². The topological polar surface area (TPSA) is 86.7 Å². The van der Waals surface area contributed by atoms with E-state index in [-0.39, 0.29) is 30.7 Å². The molecule has 2 aliphatic rings. The molecule has 2 unspecified atom stereocenters. The van der Waals surface area contributed by atoms with Crippen molar-refractivity contribution >= 4 is 17.8 Å². The summed E-state index contributed by atoms with van der Waals surface area (Å²) in [6, 6.07) is -0.980. The Bertz CT molecular complexity index is 342. The first kappa shape index (κ1) is 10.9. The van der Waals surface area contributed by atoms with Gasteiger partial charge in [-0.1, -0.05) is 0 Å². The Hall–Kier alpha value is -1.59. The molecular weight excluding hydrogens is 212 g/mol. The lowest BCUT2D eigenvalue weighted by Gasteiger charge is -2.34. The van der Waals surface area contributed by atoms with Crippen LogP contribution in [0.15, 0.2) is 0 Å². The van der Waals surface area contributed by atoms with Gasteiger partial charge in [0.25, 0.3) is 0 Å². The number of carboxylic acids is 1. The van der Waals surface area contributed by atoms with E-state index in [0.29, 0.717) is 13.0 Å². The summed E-state index contributed by atoms with van der Waals surface area (Å²) in [5.74, 6) is -1.23. The van der Waals surface area contributed by atoms with E-state index in [0.717, 1.165) is 6.42 Å². The van der Waals surface area contributed by atoms with E-state index in [1.54, 1.807) is 4.90 Å². The molecule has 2 N–H and O–H groups in total. The fraction of sp³-hybridized carbons (Fsp3) is 0.700. The number of amides is 2. The molecule has 0 aromatic rings. The molecular formula is C10H14N2O4. The van der Waals surface area contributed by atoms with Crippen molar-refractivity contribution in [1.29, 1.82) is 0 Å². The SMILES string of the molecule is O=C(O)CCC1NC(=O)C2CCCN2C1=O. The molecule has 0 saturated carbocycles. The lowest BCUT2D eigenvalue weighted by molar-refractivity contribution is -0.147. The number of hydrogen-bond acceptors (Lipinski definition) is 3. The van der Waals surface area contributed by atoms with Crippen molar-refractivity contribution in [3.63, 3.8) is 0 Å². The normalized spacial score (nSPS) is 28.9. The fourth-order valence-corrected chi connectivity index (χ4v) is 2.30. The molecule has 6 heteroatoms. The van der Waals surface area contributed by atoms with E-state index in [9.17, 15) is 14.4 Å². The monoisotopic (exact) mass is 226 g/mol. The molecule has 0 spiro atoms. The maximum Gasteiger partial charge on any atom is 0.303 e. The van der Waals surface area contributed by atoms with Gasteiger partial charge in [0, 0.05) is 13.0 Å². The summed E-state index contributed by atoms with van der Waals surface area (Å²) >= 11 is 0. The van der Waals surface area contributed by atoms with Crippen LogP contribution in [0.25, 0.3) is 0 Å². The maximum absolute atomic E-state index is 11.9. The molecule has 2 amide bonds. The van der Waals surface area contributed by atoms with Gasteiger partial charge in [-0.3, -0.25) is 14.4 Å². The molecule has 0 bridgehead atoms. The van der Waals surface area contributed by atoms with Gasteiger partial charge >= 0.3 is 5.97 Å². The quantitative estimate of drug-likeness (QED) is 0.669. The number of nitrogens with one attached hydrogen (secondary N) is 1. The number of aliphatic carboxylic acids is 1. The van der Waals surface area contributed by atoms with Crippen molar-refractivity contribution in [3.8, 4) is 0 Å². The van der Waals surface area contributed by atoms with Crippen molar-refractivity contribution in [3.05, 3.63) is 0 Å². The van der Waals surface area contributed by atoms with E-state index < -0.39 is 12.0 Å². The molecule has 2 fully saturated rings. The molecule has 2 saturated heterocycles. The van der Waals surface area contributed by atoms with Crippen molar-refractivity contribution < 1.29 is 19.5 Å². The molecule has 0 aromatic heterocycles. The average Bonchev–Trinajstić information content (AvgIpc) is 2.70. The summed E-state index contributed by atoms with van der Waals surface area (Å²) in [6.45, 7) is 0.612. The van der Waals surface area contributed by atoms with Crippen LogP contribution in [0.2, 0.25) is 0 Å². The second-order valence-corrected chi connectivity index (χ2v) is 4.18. The average molecular weight is 226 g/mol. The number of nitrogens with zero attached hydrogens (tertiary/aromatic N) is 1. The number of fused-ring (bicyclic) bond motifs is 1. The van der Waals surface area contributed by atoms with Crippen LogP contribution >= 0.6 is 0 Å². The fourth-order valence-electron chi connectivity index (χ4n) is 2.30. The molecule has 2 atom stereocenters. The van der Waals surface area contributed by atoms with E-state index in [1.807, 2.05) is 0 Å². The zero-order chi connectivity index (χ0) is 11.7. The Morgan fingerprint density at radius 2 is 2.25 bits per heavy atom. The Morgan fingerprint density at radius 1 is 1.50 bits per heavy atom. The van der Waals surface area contributed by atoms with Crippen LogP contribution in [0.1, 0.15) is 25.7 Å². The van der Waals surface area contributed by atoms with Gasteiger partial charge in [-0.25, -0.2) is 0 Å². The van der Waals surface area contributed by atoms with Gasteiger partial charge in [-0.2, -0.15) is 0 Å². The Kier molecular flexibility index (Phi) is 2.80. The number of carbonyl (C=O) groups is 3. The predicted octanol–water partition coefficient (Wildman–Crippen LogP) is -0.659. The maximum atomic E-state index is 11.9. The lowest BCUT2D eigenvalue weighted by Crippen LogP contribution is -2.61. The lowest BCUT2D eigenvalue weighted by atomic mass is 10.0. The summed E-state index contributed by atoms with van der Waals surface area (Å²) in [4.78, 5) is 35.5. The number of carboxylic acid groups (broad SMARTS) is 1. The first-order chi connectivity index (χ1) is 7.59. The highest BCUT2D eigenvalue weighted by Crippen LogP contribution is 2.23. The highest BCUT2D eigenvalue weighted by atomic mass is 16.4. The van der Waals surface area contributed by atoms with Crippen LogP contribution in [0.3, 0.4) is 0 Å². The van der Waals surface area contributed by atoms with E-state index >= 15 is 0 Å². The highest BCUT2D eigenvalue weighted by Gasteiger charge is 2.42. The third-order valence-corrected chi connectivity index (χ3v) is 3.10. The summed E-state index contributed by atoms with van der Waals surface area (Å²) in [6.07, 6.45) is 1.62. The molecule has 0 aliphatic carbocycles. The molecule has 0 radical (unpaired) electrons. The second kappa shape index (κ2) is 4.11. The van der Waals surface area contributed by atoms with Gasteiger partial charge in [-0.15, -0.1) is 0 Å². The summed E-state index contributed by atoms with van der Waals surface area (Å²) in [7, 11) is 0. The molecule has 6 nitrogen and oxygen atoms in total. The third-order valence-electron chi connectivity index (χ3n) is 3.10. The first-order valence-electron chi connectivity index (χ1n) is 5.42. The van der Waals surface area contributed by atoms with Gasteiger partial charge in [0.05, 0.1) is 0 Å². The van der Waals surface area contributed by atoms with Crippen LogP contribution in [0.4, 0.5) is 0 Å². The van der Waals surface area contributed by atoms with Crippen LogP contribution in [0, 0.1) is 0 Å². The number of piperazine rings is 1. The summed E-state index contributed by atoms with van der Waals surface area (Å²) in [5.41, 5.74) is 0. The Balaban J connectivity index is 2.02. The number of hydrogen-bond donors (Lipinski definition) is 2. The molecule has 0 aromatic carbocycles. The largest absolute Gasteiger partial charge is 0.481 e. The van der Waals surface area contributed by atoms with Gasteiger partial charge in [0.2, 0.25) is 11.8 Å². The summed E-state index contributed by atoms with van der Waals surface area (Å²) in [5, 5.41) is 11.1. The van der Waals surface area contributed by atoms with Crippen molar-refractivity contribution in [1.82, 2.24) is 10.2 Å². The molecule has 2 heterocycles. The van der Waals surface area contributed by atoms with Crippen LogP contribution in [0.5, 0.6) is 0 Å². The minimum absolute atomic E-state index is 0.102. The van der Waals surface area contributed by atoms with E-state index in [2.05, 4.69) is 5.32 Å². The number of carbonyl (C=O) groups excluding carboxylic acids is 2. The smallest absolute Gasteiger partial charge is 0.303 e. The second-order valence-electron chi connectivity index (χ2n) is 4.18. The van der Waals surface area contributed by atoms with Crippen LogP contribution < -0.4 is 5.32 Å². The Labute approximate surface area is 92.6 Å². The van der Waals surface area contributed by atoms with Crippen molar-refractivity contribution in [2.24, 2.45) is 0 Å².